The summed E-state index contributed by atoms with van der Waals surface area (Å²) in [5.41, 5.74) is 4.79. The third-order valence-electron chi connectivity index (χ3n) is 8.27. The van der Waals surface area contributed by atoms with Crippen LogP contribution in [0.3, 0.4) is 0 Å². The van der Waals surface area contributed by atoms with Crippen molar-refractivity contribution in [2.75, 3.05) is 10.0 Å². The van der Waals surface area contributed by atoms with Gasteiger partial charge < -0.3 is 9.64 Å². The van der Waals surface area contributed by atoms with Crippen LogP contribution >= 0.6 is 0 Å². The molecule has 0 bridgehead atoms. The zero-order valence-corrected chi connectivity index (χ0v) is 23.6. The molecule has 212 valence electrons. The maximum atomic E-state index is 14.6. The van der Waals surface area contributed by atoms with Gasteiger partial charge in [-0.15, -0.1) is 0 Å². The molecule has 3 heterocycles. The SMILES string of the molecule is CC1=C2C(=O)N(c3ccccc3)N(c3ccccc3)[C@@H]2C2=C(OC(=O)C[C@@H]2C(=O)c2ccccc2)N1Cc1ccccc1. The lowest BCUT2D eigenvalue weighted by atomic mass is 9.78. The van der Waals surface area contributed by atoms with Crippen LogP contribution in [0.15, 0.2) is 144 Å². The van der Waals surface area contributed by atoms with Crippen molar-refractivity contribution in [2.45, 2.75) is 25.9 Å². The predicted octanol–water partition coefficient (Wildman–Crippen LogP) is 6.27. The Hall–Kier alpha value is -5.43. The first-order chi connectivity index (χ1) is 21.0. The molecule has 0 radical (unpaired) electrons. The summed E-state index contributed by atoms with van der Waals surface area (Å²) >= 11 is 0. The van der Waals surface area contributed by atoms with Crippen LogP contribution in [-0.4, -0.2) is 28.6 Å². The van der Waals surface area contributed by atoms with E-state index >= 15 is 0 Å². The first-order valence-electron chi connectivity index (χ1n) is 14.3. The number of hydrogen-bond donors (Lipinski definition) is 0. The number of ether oxygens (including phenoxy) is 1. The highest BCUT2D eigenvalue weighted by molar-refractivity contribution is 6.14. The van der Waals surface area contributed by atoms with Crippen molar-refractivity contribution in [3.05, 3.63) is 155 Å². The summed E-state index contributed by atoms with van der Waals surface area (Å²) in [4.78, 5) is 43.9. The van der Waals surface area contributed by atoms with Gasteiger partial charge in [-0.3, -0.25) is 19.4 Å². The van der Waals surface area contributed by atoms with Gasteiger partial charge in [0, 0.05) is 16.8 Å². The number of para-hydroxylation sites is 2. The minimum Gasteiger partial charge on any atom is -0.409 e. The predicted molar refractivity (Wildman–Crippen MR) is 163 cm³/mol. The zero-order chi connectivity index (χ0) is 29.5. The molecule has 3 aliphatic heterocycles. The van der Waals surface area contributed by atoms with Gasteiger partial charge >= 0.3 is 5.97 Å². The van der Waals surface area contributed by atoms with Crippen LogP contribution in [0.25, 0.3) is 0 Å². The number of Topliss-reactive ketones (excluding diaryl/α,β-unsaturated/α-hetero) is 1. The molecule has 1 fully saturated rings. The van der Waals surface area contributed by atoms with Gasteiger partial charge in [-0.2, -0.15) is 0 Å². The van der Waals surface area contributed by atoms with Crippen LogP contribution in [0, 0.1) is 5.92 Å². The fourth-order valence-electron chi connectivity index (χ4n) is 6.31. The van der Waals surface area contributed by atoms with Crippen molar-refractivity contribution in [2.24, 2.45) is 5.92 Å². The van der Waals surface area contributed by atoms with Crippen LogP contribution < -0.4 is 10.0 Å². The average Bonchev–Trinajstić information content (AvgIpc) is 3.36. The number of benzene rings is 4. The number of fused-ring (bicyclic) bond motifs is 2. The second-order valence-electron chi connectivity index (χ2n) is 10.8. The molecule has 7 nitrogen and oxygen atoms in total. The first-order valence-corrected chi connectivity index (χ1v) is 14.3. The van der Waals surface area contributed by atoms with Gasteiger partial charge in [0.2, 0.25) is 5.88 Å². The van der Waals surface area contributed by atoms with E-state index in [1.807, 2.05) is 126 Å². The molecule has 4 aromatic carbocycles. The maximum absolute atomic E-state index is 14.6. The zero-order valence-electron chi connectivity index (χ0n) is 23.6. The topological polar surface area (TPSA) is 70.2 Å². The largest absolute Gasteiger partial charge is 0.409 e. The smallest absolute Gasteiger partial charge is 0.313 e. The molecule has 0 saturated carbocycles. The molecule has 2 atom stereocenters. The Bertz CT molecular complexity index is 1770. The van der Waals surface area contributed by atoms with Gasteiger partial charge in [-0.1, -0.05) is 97.1 Å². The van der Waals surface area contributed by atoms with Gasteiger partial charge in [0.15, 0.2) is 5.78 Å². The number of hydrogen-bond acceptors (Lipinski definition) is 6. The van der Waals surface area contributed by atoms with Crippen molar-refractivity contribution in [3.63, 3.8) is 0 Å². The van der Waals surface area contributed by atoms with Gasteiger partial charge in [0.1, 0.15) is 6.04 Å². The number of ketones is 1. The summed E-state index contributed by atoms with van der Waals surface area (Å²) in [6.07, 6.45) is -0.114. The van der Waals surface area contributed by atoms with Gasteiger partial charge in [0.05, 0.1) is 35.8 Å². The van der Waals surface area contributed by atoms with E-state index in [4.69, 9.17) is 4.74 Å². The molecular formula is C36H29N3O4. The van der Waals surface area contributed by atoms with Crippen molar-refractivity contribution < 1.29 is 19.1 Å². The number of rotatable bonds is 6. The van der Waals surface area contributed by atoms with Crippen LogP contribution in [0.2, 0.25) is 0 Å². The summed E-state index contributed by atoms with van der Waals surface area (Å²) in [5, 5.41) is 3.62. The van der Waals surface area contributed by atoms with E-state index in [9.17, 15) is 14.4 Å². The molecular weight excluding hydrogens is 538 g/mol. The first kappa shape index (κ1) is 26.5. The second-order valence-corrected chi connectivity index (χ2v) is 10.8. The lowest BCUT2D eigenvalue weighted by Gasteiger charge is -2.43. The van der Waals surface area contributed by atoms with Crippen molar-refractivity contribution in [1.82, 2.24) is 4.90 Å². The van der Waals surface area contributed by atoms with E-state index in [1.54, 1.807) is 17.1 Å². The Balaban J connectivity index is 1.48. The van der Waals surface area contributed by atoms with Crippen molar-refractivity contribution in [1.29, 1.82) is 0 Å². The summed E-state index contributed by atoms with van der Waals surface area (Å²) in [7, 11) is 0. The highest BCUT2D eigenvalue weighted by Gasteiger charge is 2.55. The molecule has 0 spiro atoms. The van der Waals surface area contributed by atoms with E-state index in [-0.39, 0.29) is 18.1 Å². The lowest BCUT2D eigenvalue weighted by Crippen LogP contribution is -2.49. The van der Waals surface area contributed by atoms with Gasteiger partial charge in [0.25, 0.3) is 5.91 Å². The number of esters is 1. The molecule has 1 amide bonds. The lowest BCUT2D eigenvalue weighted by molar-refractivity contribution is -0.144. The number of anilines is 2. The number of allylic oxidation sites excluding steroid dienone is 1. The molecule has 0 aliphatic carbocycles. The maximum Gasteiger partial charge on any atom is 0.313 e. The van der Waals surface area contributed by atoms with Crippen LogP contribution in [0.5, 0.6) is 0 Å². The molecule has 4 aromatic rings. The molecule has 0 aromatic heterocycles. The Morgan fingerprint density at radius 2 is 1.33 bits per heavy atom. The number of amides is 1. The minimum atomic E-state index is -0.820. The fraction of sp³-hybridized carbons (Fsp3) is 0.139. The molecule has 43 heavy (non-hydrogen) atoms. The number of hydrazine groups is 1. The molecule has 7 heteroatoms. The van der Waals surface area contributed by atoms with Crippen LogP contribution in [0.1, 0.15) is 29.3 Å². The summed E-state index contributed by atoms with van der Waals surface area (Å²) in [5.74, 6) is -1.34. The monoisotopic (exact) mass is 567 g/mol. The van der Waals surface area contributed by atoms with E-state index in [0.29, 0.717) is 40.5 Å². The third-order valence-corrected chi connectivity index (χ3v) is 8.27. The fourth-order valence-corrected chi connectivity index (χ4v) is 6.31. The van der Waals surface area contributed by atoms with E-state index in [0.717, 1.165) is 11.3 Å². The normalized spacial score (nSPS) is 19.8. The number of nitrogens with zero attached hydrogens (tertiary/aromatic N) is 3. The molecule has 1 saturated heterocycles. The Labute approximate surface area is 249 Å². The Morgan fingerprint density at radius 3 is 1.95 bits per heavy atom. The quantitative estimate of drug-likeness (QED) is 0.202. The van der Waals surface area contributed by atoms with Crippen molar-refractivity contribution in [3.8, 4) is 0 Å². The van der Waals surface area contributed by atoms with Crippen LogP contribution in [0.4, 0.5) is 11.4 Å². The molecule has 7 rings (SSSR count). The summed E-state index contributed by atoms with van der Waals surface area (Å²) < 4.78 is 6.05. The molecule has 0 N–H and O–H groups in total. The van der Waals surface area contributed by atoms with E-state index in [1.165, 1.54) is 0 Å². The highest BCUT2D eigenvalue weighted by Crippen LogP contribution is 2.49. The van der Waals surface area contributed by atoms with Crippen molar-refractivity contribution >= 4 is 29.0 Å². The average molecular weight is 568 g/mol. The molecule has 3 aliphatic rings. The third kappa shape index (κ3) is 4.50. The van der Waals surface area contributed by atoms with E-state index < -0.39 is 17.9 Å². The number of carbonyl (C=O) groups is 3. The summed E-state index contributed by atoms with van der Waals surface area (Å²) in [6, 6.07) is 37.3. The van der Waals surface area contributed by atoms with E-state index in [2.05, 4.69) is 0 Å². The Kier molecular flexibility index (Phi) is 6.62. The highest BCUT2D eigenvalue weighted by atomic mass is 16.6. The minimum absolute atomic E-state index is 0.114. The number of carbonyl (C=O) groups excluding carboxylic acids is 3. The van der Waals surface area contributed by atoms with Crippen LogP contribution in [-0.2, 0) is 20.9 Å². The van der Waals surface area contributed by atoms with Gasteiger partial charge in [-0.25, -0.2) is 5.01 Å². The molecule has 0 unspecified atom stereocenters. The second kappa shape index (κ2) is 10.8. The van der Waals surface area contributed by atoms with Gasteiger partial charge in [-0.05, 0) is 36.8 Å². The standard InChI is InChI=1S/C36H29N3O4/c1-24-31-33(38(27-18-10-4-11-19-27)39(35(31)42)28-20-12-5-13-21-28)32-29(34(41)26-16-8-3-9-17-26)22-30(40)43-36(32)37(24)23-25-14-6-2-7-15-25/h2-21,29,33H,22-23H2,1H3/t29-,33-/m0/s1. The Morgan fingerprint density at radius 1 is 0.767 bits per heavy atom. The summed E-state index contributed by atoms with van der Waals surface area (Å²) in [6.45, 7) is 2.26.